The highest BCUT2D eigenvalue weighted by atomic mass is 32.2. The van der Waals surface area contributed by atoms with Crippen LogP contribution >= 0.6 is 11.8 Å². The second kappa shape index (κ2) is 8.69. The number of thioether (sulfide) groups is 1. The molecule has 0 radical (unpaired) electrons. The monoisotopic (exact) mass is 363 g/mol. The first-order valence-electron chi connectivity index (χ1n) is 8.77. The first-order chi connectivity index (χ1) is 12.2. The summed E-state index contributed by atoms with van der Waals surface area (Å²) in [5, 5.41) is 10.3. The van der Waals surface area contributed by atoms with E-state index in [0.29, 0.717) is 38.5 Å². The van der Waals surface area contributed by atoms with Gasteiger partial charge >= 0.3 is 0 Å². The highest BCUT2D eigenvalue weighted by Crippen LogP contribution is 2.24. The average molecular weight is 363 g/mol. The fourth-order valence-electron chi connectivity index (χ4n) is 3.07. The number of hydrogen-bond donors (Lipinski definition) is 1. The van der Waals surface area contributed by atoms with Gasteiger partial charge in [-0.05, 0) is 19.1 Å². The molecular weight excluding hydrogens is 338 g/mol. The molecule has 0 bridgehead atoms. The summed E-state index contributed by atoms with van der Waals surface area (Å²) >= 11 is 1.63. The molecule has 1 N–H and O–H groups in total. The highest BCUT2D eigenvalue weighted by molar-refractivity contribution is 7.99. The van der Waals surface area contributed by atoms with Crippen LogP contribution in [0.3, 0.4) is 0 Å². The minimum absolute atomic E-state index is 0.0170. The zero-order chi connectivity index (χ0) is 17.6. The number of carbonyl (C=O) groups excluding carboxylic acids is 1. The number of aromatic nitrogens is 2. The van der Waals surface area contributed by atoms with Crippen LogP contribution < -0.4 is 0 Å². The molecule has 1 aliphatic heterocycles. The van der Waals surface area contributed by atoms with Crippen molar-refractivity contribution >= 4 is 28.7 Å². The highest BCUT2D eigenvalue weighted by Gasteiger charge is 2.22. The van der Waals surface area contributed by atoms with Gasteiger partial charge in [-0.1, -0.05) is 23.9 Å². The van der Waals surface area contributed by atoms with Crippen molar-refractivity contribution in [3.05, 3.63) is 24.3 Å². The van der Waals surface area contributed by atoms with E-state index in [1.165, 1.54) is 0 Å². The number of ether oxygens (including phenoxy) is 1. The summed E-state index contributed by atoms with van der Waals surface area (Å²) in [6.45, 7) is 5.27. The summed E-state index contributed by atoms with van der Waals surface area (Å²) in [5.74, 6) is 0.836. The molecule has 2 heterocycles. The number of aliphatic hydroxyl groups is 1. The normalized spacial score (nSPS) is 18.5. The first-order valence-corrected chi connectivity index (χ1v) is 9.76. The molecule has 0 saturated carbocycles. The van der Waals surface area contributed by atoms with Crippen LogP contribution in [0.25, 0.3) is 11.0 Å². The maximum atomic E-state index is 12.5. The van der Waals surface area contributed by atoms with Crippen molar-refractivity contribution in [2.24, 2.45) is 5.92 Å². The van der Waals surface area contributed by atoms with Crippen molar-refractivity contribution in [1.82, 2.24) is 14.5 Å². The van der Waals surface area contributed by atoms with Crippen LogP contribution in [0, 0.1) is 5.92 Å². The molecule has 0 aliphatic carbocycles. The third-order valence-corrected chi connectivity index (χ3v) is 5.41. The maximum absolute atomic E-state index is 12.5. The molecule has 6 nitrogen and oxygen atoms in total. The van der Waals surface area contributed by atoms with Gasteiger partial charge in [-0.25, -0.2) is 4.98 Å². The summed E-state index contributed by atoms with van der Waals surface area (Å²) in [7, 11) is 0. The lowest BCUT2D eigenvalue weighted by Crippen LogP contribution is -2.36. The van der Waals surface area contributed by atoms with Crippen LogP contribution in [0.15, 0.2) is 29.4 Å². The summed E-state index contributed by atoms with van der Waals surface area (Å²) in [6, 6.07) is 8.11. The Labute approximate surface area is 152 Å². The number of fused-ring (bicyclic) bond motifs is 1. The Bertz CT molecular complexity index is 719. The van der Waals surface area contributed by atoms with Gasteiger partial charge in [-0.2, -0.15) is 0 Å². The van der Waals surface area contributed by atoms with E-state index in [0.717, 1.165) is 22.7 Å². The van der Waals surface area contributed by atoms with Gasteiger partial charge in [0.2, 0.25) is 5.91 Å². The van der Waals surface area contributed by atoms with Gasteiger partial charge in [0.05, 0.1) is 24.2 Å². The number of benzene rings is 1. The Morgan fingerprint density at radius 2 is 2.28 bits per heavy atom. The Morgan fingerprint density at radius 3 is 3.08 bits per heavy atom. The van der Waals surface area contributed by atoms with Crippen LogP contribution in [0.2, 0.25) is 0 Å². The predicted octanol–water partition coefficient (Wildman–Crippen LogP) is 2.01. The van der Waals surface area contributed by atoms with Crippen LogP contribution in [-0.4, -0.2) is 64.1 Å². The number of para-hydroxylation sites is 2. The van der Waals surface area contributed by atoms with Gasteiger partial charge in [0.25, 0.3) is 0 Å². The molecule has 2 aromatic rings. The van der Waals surface area contributed by atoms with Gasteiger partial charge in [-0.15, -0.1) is 0 Å². The summed E-state index contributed by atoms with van der Waals surface area (Å²) in [6.07, 6.45) is 0.468. The SMILES string of the molecule is CCn1c(SCCC(=O)N2CCOC[C@@H](CO)C2)nc2ccccc21. The van der Waals surface area contributed by atoms with Crippen LogP contribution in [0.5, 0.6) is 0 Å². The molecular formula is C18H25N3O3S. The fraction of sp³-hybridized carbons (Fsp3) is 0.556. The quantitative estimate of drug-likeness (QED) is 0.795. The molecule has 7 heteroatoms. The lowest BCUT2D eigenvalue weighted by Gasteiger charge is -2.22. The number of rotatable bonds is 6. The van der Waals surface area contributed by atoms with E-state index in [9.17, 15) is 9.90 Å². The lowest BCUT2D eigenvalue weighted by molar-refractivity contribution is -0.131. The molecule has 1 aromatic heterocycles. The van der Waals surface area contributed by atoms with E-state index >= 15 is 0 Å². The van der Waals surface area contributed by atoms with E-state index in [2.05, 4.69) is 22.5 Å². The summed E-state index contributed by atoms with van der Waals surface area (Å²) in [5.41, 5.74) is 2.13. The Kier molecular flexibility index (Phi) is 6.34. The maximum Gasteiger partial charge on any atom is 0.223 e. The van der Waals surface area contributed by atoms with Crippen molar-refractivity contribution < 1.29 is 14.6 Å². The van der Waals surface area contributed by atoms with E-state index < -0.39 is 0 Å². The molecule has 0 unspecified atom stereocenters. The summed E-state index contributed by atoms with van der Waals surface area (Å²) < 4.78 is 7.63. The van der Waals surface area contributed by atoms with Crippen molar-refractivity contribution in [2.75, 3.05) is 38.7 Å². The first kappa shape index (κ1) is 18.2. The van der Waals surface area contributed by atoms with Gasteiger partial charge in [0.15, 0.2) is 5.16 Å². The number of imidazole rings is 1. The van der Waals surface area contributed by atoms with Gasteiger partial charge in [0.1, 0.15) is 0 Å². The Hall–Kier alpha value is -1.57. The molecule has 1 aliphatic rings. The molecule has 1 amide bonds. The summed E-state index contributed by atoms with van der Waals surface area (Å²) in [4.78, 5) is 19.0. The van der Waals surface area contributed by atoms with E-state index in [-0.39, 0.29) is 18.4 Å². The molecule has 1 aromatic carbocycles. The number of hydrogen-bond acceptors (Lipinski definition) is 5. The Balaban J connectivity index is 1.58. The Morgan fingerprint density at radius 1 is 1.44 bits per heavy atom. The van der Waals surface area contributed by atoms with E-state index in [1.807, 2.05) is 23.1 Å². The van der Waals surface area contributed by atoms with Crippen molar-refractivity contribution in [1.29, 1.82) is 0 Å². The number of aryl methyl sites for hydroxylation is 1. The minimum Gasteiger partial charge on any atom is -0.396 e. The lowest BCUT2D eigenvalue weighted by atomic mass is 10.1. The van der Waals surface area contributed by atoms with Crippen LogP contribution in [-0.2, 0) is 16.1 Å². The van der Waals surface area contributed by atoms with Crippen molar-refractivity contribution in [2.45, 2.75) is 25.0 Å². The topological polar surface area (TPSA) is 67.6 Å². The zero-order valence-corrected chi connectivity index (χ0v) is 15.4. The average Bonchev–Trinajstić information content (AvgIpc) is 2.81. The second-order valence-electron chi connectivity index (χ2n) is 6.19. The molecule has 1 fully saturated rings. The number of aliphatic hydroxyl groups excluding tert-OH is 1. The molecule has 1 atom stereocenters. The number of nitrogens with zero attached hydrogens (tertiary/aromatic N) is 3. The smallest absolute Gasteiger partial charge is 0.223 e. The molecule has 1 saturated heterocycles. The molecule has 0 spiro atoms. The standard InChI is InChI=1S/C18H25N3O3S/c1-2-21-16-6-4-3-5-15(16)19-18(21)25-10-7-17(23)20-8-9-24-13-14(11-20)12-22/h3-6,14,22H,2,7-13H2,1H3/t14-/m1/s1. The van der Waals surface area contributed by atoms with Crippen LogP contribution in [0.1, 0.15) is 13.3 Å². The van der Waals surface area contributed by atoms with Crippen molar-refractivity contribution in [3.8, 4) is 0 Å². The van der Waals surface area contributed by atoms with Crippen LogP contribution in [0.4, 0.5) is 0 Å². The number of amides is 1. The number of carbonyl (C=O) groups is 1. The van der Waals surface area contributed by atoms with Crippen molar-refractivity contribution in [3.63, 3.8) is 0 Å². The molecule has 3 rings (SSSR count). The molecule has 136 valence electrons. The van der Waals surface area contributed by atoms with Gasteiger partial charge in [0, 0.05) is 44.3 Å². The van der Waals surface area contributed by atoms with E-state index in [4.69, 9.17) is 4.74 Å². The fourth-order valence-corrected chi connectivity index (χ4v) is 4.08. The van der Waals surface area contributed by atoms with E-state index in [1.54, 1.807) is 11.8 Å². The predicted molar refractivity (Wildman–Crippen MR) is 98.7 cm³/mol. The van der Waals surface area contributed by atoms with Gasteiger partial charge in [-0.3, -0.25) is 4.79 Å². The zero-order valence-electron chi connectivity index (χ0n) is 14.6. The molecule has 25 heavy (non-hydrogen) atoms. The third kappa shape index (κ3) is 4.34. The minimum atomic E-state index is 0.0170. The van der Waals surface area contributed by atoms with Gasteiger partial charge < -0.3 is 19.3 Å². The second-order valence-corrected chi connectivity index (χ2v) is 7.25. The largest absolute Gasteiger partial charge is 0.396 e. The third-order valence-electron chi connectivity index (χ3n) is 4.43.